The van der Waals surface area contributed by atoms with Crippen molar-refractivity contribution in [1.82, 2.24) is 5.32 Å². The lowest BCUT2D eigenvalue weighted by molar-refractivity contribution is 0.251. The van der Waals surface area contributed by atoms with Gasteiger partial charge in [-0.2, -0.15) is 0 Å². The molecule has 2 aromatic rings. The Bertz CT molecular complexity index is 606. The van der Waals surface area contributed by atoms with Crippen molar-refractivity contribution in [3.8, 4) is 0 Å². The zero-order valence-corrected chi connectivity index (χ0v) is 12.0. The first kappa shape index (κ1) is 13.5. The van der Waals surface area contributed by atoms with Crippen molar-refractivity contribution < 1.29 is 4.79 Å². The highest BCUT2D eigenvalue weighted by molar-refractivity contribution is 5.89. The smallest absolute Gasteiger partial charge is 0.319 e. The summed E-state index contributed by atoms with van der Waals surface area (Å²) in [4.78, 5) is 13.8. The largest absolute Gasteiger partial charge is 0.345 e. The number of anilines is 3. The lowest BCUT2D eigenvalue weighted by Crippen LogP contribution is -2.30. The maximum atomic E-state index is 11.7. The SMILES string of the molecule is CN(c1ccccc1)c1ccc(NC(=O)NC2CC2)cc1. The minimum atomic E-state index is -0.123. The van der Waals surface area contributed by atoms with Crippen LogP contribution in [0.15, 0.2) is 54.6 Å². The molecule has 0 unspecified atom stereocenters. The Morgan fingerprint density at radius 2 is 1.62 bits per heavy atom. The van der Waals surface area contributed by atoms with Crippen LogP contribution in [0.5, 0.6) is 0 Å². The van der Waals surface area contributed by atoms with Crippen LogP contribution in [0.4, 0.5) is 21.9 Å². The Morgan fingerprint density at radius 3 is 2.24 bits per heavy atom. The van der Waals surface area contributed by atoms with Crippen LogP contribution in [0.2, 0.25) is 0 Å². The van der Waals surface area contributed by atoms with E-state index in [1.165, 1.54) is 0 Å². The van der Waals surface area contributed by atoms with Gasteiger partial charge < -0.3 is 15.5 Å². The Labute approximate surface area is 124 Å². The summed E-state index contributed by atoms with van der Waals surface area (Å²) in [7, 11) is 2.03. The third-order valence-corrected chi connectivity index (χ3v) is 3.57. The van der Waals surface area contributed by atoms with Crippen molar-refractivity contribution in [2.45, 2.75) is 18.9 Å². The standard InChI is InChI=1S/C17H19N3O/c1-20(15-5-3-2-4-6-15)16-11-9-14(10-12-16)19-17(21)18-13-7-8-13/h2-6,9-13H,7-8H2,1H3,(H2,18,19,21). The highest BCUT2D eigenvalue weighted by atomic mass is 16.2. The van der Waals surface area contributed by atoms with Gasteiger partial charge in [0.2, 0.25) is 0 Å². The molecule has 0 aromatic heterocycles. The Balaban J connectivity index is 1.64. The van der Waals surface area contributed by atoms with Crippen LogP contribution < -0.4 is 15.5 Å². The lowest BCUT2D eigenvalue weighted by Gasteiger charge is -2.19. The number of urea groups is 1. The van der Waals surface area contributed by atoms with Gasteiger partial charge in [-0.15, -0.1) is 0 Å². The highest BCUT2D eigenvalue weighted by Crippen LogP contribution is 2.24. The van der Waals surface area contributed by atoms with Crippen LogP contribution in [-0.4, -0.2) is 19.1 Å². The second kappa shape index (κ2) is 5.87. The molecule has 2 amide bonds. The first-order valence-electron chi connectivity index (χ1n) is 7.19. The average Bonchev–Trinajstić information content (AvgIpc) is 3.32. The fourth-order valence-electron chi connectivity index (χ4n) is 2.15. The quantitative estimate of drug-likeness (QED) is 0.896. The van der Waals surface area contributed by atoms with Gasteiger partial charge in [0.05, 0.1) is 0 Å². The summed E-state index contributed by atoms with van der Waals surface area (Å²) in [6, 6.07) is 18.2. The van der Waals surface area contributed by atoms with Crippen molar-refractivity contribution in [2.24, 2.45) is 0 Å². The third kappa shape index (κ3) is 3.54. The number of hydrogen-bond donors (Lipinski definition) is 2. The molecule has 0 heterocycles. The maximum absolute atomic E-state index is 11.7. The van der Waals surface area contributed by atoms with Gasteiger partial charge in [-0.05, 0) is 49.2 Å². The number of benzene rings is 2. The van der Waals surface area contributed by atoms with Crippen LogP contribution in [-0.2, 0) is 0 Å². The van der Waals surface area contributed by atoms with E-state index in [0.29, 0.717) is 6.04 Å². The first-order valence-corrected chi connectivity index (χ1v) is 7.19. The molecule has 0 aliphatic heterocycles. The Morgan fingerprint density at radius 1 is 1.00 bits per heavy atom. The van der Waals surface area contributed by atoms with E-state index in [0.717, 1.165) is 29.9 Å². The van der Waals surface area contributed by atoms with Gasteiger partial charge in [0.25, 0.3) is 0 Å². The molecule has 4 heteroatoms. The fraction of sp³-hybridized carbons (Fsp3) is 0.235. The minimum Gasteiger partial charge on any atom is -0.345 e. The van der Waals surface area contributed by atoms with Gasteiger partial charge in [-0.25, -0.2) is 4.79 Å². The molecule has 3 rings (SSSR count). The lowest BCUT2D eigenvalue weighted by atomic mass is 10.2. The summed E-state index contributed by atoms with van der Waals surface area (Å²) in [5.41, 5.74) is 3.01. The summed E-state index contributed by atoms with van der Waals surface area (Å²) in [6.07, 6.45) is 2.18. The molecule has 0 saturated heterocycles. The van der Waals surface area contributed by atoms with Crippen molar-refractivity contribution in [3.63, 3.8) is 0 Å². The molecule has 0 bridgehead atoms. The monoisotopic (exact) mass is 281 g/mol. The van der Waals surface area contributed by atoms with E-state index in [1.807, 2.05) is 49.5 Å². The molecule has 1 saturated carbocycles. The summed E-state index contributed by atoms with van der Waals surface area (Å²) >= 11 is 0. The molecule has 1 aliphatic carbocycles. The molecule has 1 fully saturated rings. The van der Waals surface area contributed by atoms with Crippen molar-refractivity contribution in [1.29, 1.82) is 0 Å². The predicted octanol–water partition coefficient (Wildman–Crippen LogP) is 3.74. The Kier molecular flexibility index (Phi) is 3.77. The third-order valence-electron chi connectivity index (χ3n) is 3.57. The number of nitrogens with zero attached hydrogens (tertiary/aromatic N) is 1. The molecule has 2 N–H and O–H groups in total. The Hall–Kier alpha value is -2.49. The summed E-state index contributed by atoms with van der Waals surface area (Å²) in [5, 5.41) is 5.76. The van der Waals surface area contributed by atoms with Crippen LogP contribution >= 0.6 is 0 Å². The zero-order valence-electron chi connectivity index (χ0n) is 12.0. The van der Waals surface area contributed by atoms with Crippen LogP contribution in [0.3, 0.4) is 0 Å². The van der Waals surface area contributed by atoms with Crippen molar-refractivity contribution in [3.05, 3.63) is 54.6 Å². The number of amides is 2. The van der Waals surface area contributed by atoms with Crippen LogP contribution in [0, 0.1) is 0 Å². The zero-order chi connectivity index (χ0) is 14.7. The van der Waals surface area contributed by atoms with Gasteiger partial charge in [-0.1, -0.05) is 18.2 Å². The van der Waals surface area contributed by atoms with E-state index in [1.54, 1.807) is 0 Å². The highest BCUT2D eigenvalue weighted by Gasteiger charge is 2.23. The van der Waals surface area contributed by atoms with Gasteiger partial charge in [0, 0.05) is 30.2 Å². The molecule has 0 radical (unpaired) electrons. The summed E-state index contributed by atoms with van der Waals surface area (Å²) < 4.78 is 0. The molecule has 2 aromatic carbocycles. The second-order valence-corrected chi connectivity index (χ2v) is 5.31. The number of para-hydroxylation sites is 1. The molecule has 1 aliphatic rings. The van der Waals surface area contributed by atoms with E-state index < -0.39 is 0 Å². The molecule has 4 nitrogen and oxygen atoms in total. The van der Waals surface area contributed by atoms with Gasteiger partial charge in [-0.3, -0.25) is 0 Å². The molecule has 0 atom stereocenters. The van der Waals surface area contributed by atoms with Crippen molar-refractivity contribution >= 4 is 23.1 Å². The number of carbonyl (C=O) groups excluding carboxylic acids is 1. The van der Waals surface area contributed by atoms with Crippen molar-refractivity contribution in [2.75, 3.05) is 17.3 Å². The van der Waals surface area contributed by atoms with Crippen LogP contribution in [0.25, 0.3) is 0 Å². The topological polar surface area (TPSA) is 44.4 Å². The van der Waals surface area contributed by atoms with E-state index in [9.17, 15) is 4.79 Å². The molecular weight excluding hydrogens is 262 g/mol. The minimum absolute atomic E-state index is 0.123. The van der Waals surface area contributed by atoms with E-state index in [-0.39, 0.29) is 6.03 Å². The second-order valence-electron chi connectivity index (χ2n) is 5.31. The maximum Gasteiger partial charge on any atom is 0.319 e. The first-order chi connectivity index (χ1) is 10.2. The number of nitrogens with one attached hydrogen (secondary N) is 2. The van der Waals surface area contributed by atoms with Gasteiger partial charge in [0.15, 0.2) is 0 Å². The molecule has 21 heavy (non-hydrogen) atoms. The van der Waals surface area contributed by atoms with E-state index in [4.69, 9.17) is 0 Å². The predicted molar refractivity (Wildman–Crippen MR) is 86.1 cm³/mol. The molecule has 108 valence electrons. The number of carbonyl (C=O) groups is 1. The molecular formula is C17H19N3O. The fourth-order valence-corrected chi connectivity index (χ4v) is 2.15. The van der Waals surface area contributed by atoms with E-state index in [2.05, 4.69) is 27.7 Å². The number of hydrogen-bond acceptors (Lipinski definition) is 2. The van der Waals surface area contributed by atoms with Gasteiger partial charge in [0.1, 0.15) is 0 Å². The normalized spacial score (nSPS) is 13.6. The summed E-state index contributed by atoms with van der Waals surface area (Å²) in [6.45, 7) is 0. The average molecular weight is 281 g/mol. The number of rotatable bonds is 4. The van der Waals surface area contributed by atoms with E-state index >= 15 is 0 Å². The molecule has 0 spiro atoms. The van der Waals surface area contributed by atoms with Crippen LogP contribution in [0.1, 0.15) is 12.8 Å². The summed E-state index contributed by atoms with van der Waals surface area (Å²) in [5.74, 6) is 0. The van der Waals surface area contributed by atoms with Gasteiger partial charge >= 0.3 is 6.03 Å².